The van der Waals surface area contributed by atoms with Crippen LogP contribution in [-0.2, 0) is 14.3 Å². The predicted molar refractivity (Wildman–Crippen MR) is 139 cm³/mol. The normalized spacial score (nSPS) is 30.9. The predicted octanol–water partition coefficient (Wildman–Crippen LogP) is 5.94. The van der Waals surface area contributed by atoms with E-state index in [1.165, 1.54) is 0 Å². The van der Waals surface area contributed by atoms with Crippen LogP contribution in [0.5, 0.6) is 0 Å². The smallest absolute Gasteiger partial charge is 0.407 e. The zero-order chi connectivity index (χ0) is 26.1. The van der Waals surface area contributed by atoms with Crippen molar-refractivity contribution in [1.82, 2.24) is 10.3 Å². The molecule has 5 rings (SSSR count). The van der Waals surface area contributed by atoms with Gasteiger partial charge in [0.05, 0.1) is 18.2 Å². The summed E-state index contributed by atoms with van der Waals surface area (Å²) in [4.78, 5) is 29.3. The van der Waals surface area contributed by atoms with Gasteiger partial charge in [0.1, 0.15) is 11.9 Å². The molecule has 1 saturated heterocycles. The summed E-state index contributed by atoms with van der Waals surface area (Å²) in [7, 11) is 0. The topological polar surface area (TPSA) is 77.5 Å². The van der Waals surface area contributed by atoms with Crippen LogP contribution in [0.2, 0.25) is 0 Å². The number of hydrogen-bond donors (Lipinski definition) is 1. The summed E-state index contributed by atoms with van der Waals surface area (Å²) in [5.41, 5.74) is 2.69. The number of amides is 1. The molecule has 2 aliphatic carbocycles. The average molecular weight is 507 g/mol. The molecule has 196 valence electrons. The van der Waals surface area contributed by atoms with Gasteiger partial charge < -0.3 is 14.8 Å². The lowest BCUT2D eigenvalue weighted by molar-refractivity contribution is -0.144. The summed E-state index contributed by atoms with van der Waals surface area (Å²) >= 11 is 0. The van der Waals surface area contributed by atoms with Crippen molar-refractivity contribution >= 4 is 18.1 Å². The Kier molecular flexibility index (Phi) is 7.31. The van der Waals surface area contributed by atoms with Crippen LogP contribution in [0.3, 0.4) is 0 Å². The summed E-state index contributed by atoms with van der Waals surface area (Å²) in [5, 5.41) is 3.00. The molecule has 1 aromatic heterocycles. The summed E-state index contributed by atoms with van der Waals surface area (Å²) in [6.45, 7) is 5.90. The molecule has 2 saturated carbocycles. The number of ether oxygens (including phenoxy) is 2. The number of nitrogens with zero attached hydrogens (tertiary/aromatic N) is 1. The van der Waals surface area contributed by atoms with E-state index >= 15 is 0 Å². The van der Waals surface area contributed by atoms with Gasteiger partial charge in [0.15, 0.2) is 0 Å². The zero-order valence-corrected chi connectivity index (χ0v) is 21.7. The van der Waals surface area contributed by atoms with E-state index in [9.17, 15) is 14.0 Å². The van der Waals surface area contributed by atoms with Crippen LogP contribution in [0.15, 0.2) is 42.6 Å². The monoisotopic (exact) mass is 506 g/mol. The van der Waals surface area contributed by atoms with Crippen LogP contribution in [0.25, 0.3) is 17.2 Å². The van der Waals surface area contributed by atoms with Crippen LogP contribution in [-0.4, -0.2) is 35.8 Å². The molecule has 3 aliphatic rings. The molecular formula is C30H35FN2O4. The number of fused-ring (bicyclic) bond motifs is 2. The van der Waals surface area contributed by atoms with E-state index in [4.69, 9.17) is 9.47 Å². The lowest BCUT2D eigenvalue weighted by atomic mass is 9.57. The first kappa shape index (κ1) is 25.4. The maximum Gasteiger partial charge on any atom is 0.407 e. The maximum absolute atomic E-state index is 14.6. The number of aryl methyl sites for hydroxylation is 1. The Labute approximate surface area is 217 Å². The second-order valence-electron chi connectivity index (χ2n) is 10.7. The summed E-state index contributed by atoms with van der Waals surface area (Å²) in [6.07, 6.45) is 8.96. The minimum Gasteiger partial charge on any atom is -0.462 e. The summed E-state index contributed by atoms with van der Waals surface area (Å²) in [5.74, 6) is 0.623. The fourth-order valence-electron chi connectivity index (χ4n) is 6.83. The number of allylic oxidation sites excluding steroid dienone is 1. The molecule has 2 aromatic rings. The van der Waals surface area contributed by atoms with Gasteiger partial charge in [0.2, 0.25) is 0 Å². The van der Waals surface area contributed by atoms with E-state index in [0.29, 0.717) is 29.6 Å². The van der Waals surface area contributed by atoms with E-state index in [1.807, 2.05) is 31.2 Å². The van der Waals surface area contributed by atoms with Crippen molar-refractivity contribution in [1.29, 1.82) is 0 Å². The first-order valence-electron chi connectivity index (χ1n) is 13.4. The van der Waals surface area contributed by atoms with E-state index in [1.54, 1.807) is 32.2 Å². The fourth-order valence-corrected chi connectivity index (χ4v) is 6.83. The average Bonchev–Trinajstić information content (AvgIpc) is 3.16. The Morgan fingerprint density at radius 1 is 1.24 bits per heavy atom. The maximum atomic E-state index is 14.6. The van der Waals surface area contributed by atoms with Crippen molar-refractivity contribution in [2.75, 3.05) is 6.61 Å². The van der Waals surface area contributed by atoms with Crippen molar-refractivity contribution in [3.05, 3.63) is 59.7 Å². The quantitative estimate of drug-likeness (QED) is 0.508. The van der Waals surface area contributed by atoms with Gasteiger partial charge >= 0.3 is 12.1 Å². The highest BCUT2D eigenvalue weighted by molar-refractivity contribution is 5.76. The summed E-state index contributed by atoms with van der Waals surface area (Å²) in [6, 6.07) is 9.24. The SMILES string of the molecule is CCOC(=O)N[C@@H]1CC[C@@H]2[C@@H](C1)C[C@H]1C(=O)O[C@H](C)[C@H]1[C@H]2/C=C/c1ccc(-c2cccc(C)c2F)cn1. The van der Waals surface area contributed by atoms with Gasteiger partial charge in [-0.1, -0.05) is 30.3 Å². The minimum absolute atomic E-state index is 0.0626. The molecule has 6 nitrogen and oxygen atoms in total. The number of rotatable bonds is 5. The van der Waals surface area contributed by atoms with Gasteiger partial charge in [-0.05, 0) is 81.9 Å². The first-order chi connectivity index (χ1) is 17.9. The molecule has 1 N–H and O–H groups in total. The Balaban J connectivity index is 1.35. The van der Waals surface area contributed by atoms with E-state index in [-0.39, 0.29) is 47.8 Å². The minimum atomic E-state index is -0.370. The largest absolute Gasteiger partial charge is 0.462 e. The number of halogens is 1. The molecular weight excluding hydrogens is 471 g/mol. The molecule has 0 spiro atoms. The zero-order valence-electron chi connectivity index (χ0n) is 21.7. The number of carbonyl (C=O) groups excluding carboxylic acids is 2. The molecule has 3 fully saturated rings. The number of alkyl carbamates (subject to hydrolysis) is 1. The highest BCUT2D eigenvalue weighted by Crippen LogP contribution is 2.53. The van der Waals surface area contributed by atoms with Gasteiger partial charge in [0.25, 0.3) is 0 Å². The standard InChI is InChI=1S/C30H35FN2O4/c1-4-36-30(35)33-22-11-12-23-20(14-22)15-26-27(18(3)37-29(26)34)25(23)13-10-21-9-8-19(16-32-21)24-7-5-6-17(2)28(24)31/h5-10,13,16,18,20,22-23,25-27H,4,11-12,14-15H2,1-3H3,(H,33,35)/b13-10+/t18-,20+,22-,23-,25+,26-,27+/m1/s1. The van der Waals surface area contributed by atoms with Crippen LogP contribution in [0, 0.1) is 42.3 Å². The van der Waals surface area contributed by atoms with Gasteiger partial charge in [-0.3, -0.25) is 9.78 Å². The Bertz CT molecular complexity index is 1180. The summed E-state index contributed by atoms with van der Waals surface area (Å²) < 4.78 is 25.3. The van der Waals surface area contributed by atoms with Crippen molar-refractivity contribution < 1.29 is 23.5 Å². The van der Waals surface area contributed by atoms with Crippen molar-refractivity contribution in [3.63, 3.8) is 0 Å². The number of aromatic nitrogens is 1. The lowest BCUT2D eigenvalue weighted by Gasteiger charge is -2.47. The number of esters is 1. The highest BCUT2D eigenvalue weighted by atomic mass is 19.1. The molecule has 0 radical (unpaired) electrons. The molecule has 7 heteroatoms. The van der Waals surface area contributed by atoms with Gasteiger partial charge in [-0.2, -0.15) is 0 Å². The number of carbonyl (C=O) groups is 2. The number of benzene rings is 1. The second kappa shape index (κ2) is 10.6. The number of cyclic esters (lactones) is 1. The van der Waals surface area contributed by atoms with Crippen molar-refractivity contribution in [3.8, 4) is 11.1 Å². The third kappa shape index (κ3) is 5.13. The Morgan fingerprint density at radius 3 is 2.84 bits per heavy atom. The van der Waals surface area contributed by atoms with Gasteiger partial charge in [-0.25, -0.2) is 9.18 Å². The second-order valence-corrected chi connectivity index (χ2v) is 10.7. The van der Waals surface area contributed by atoms with Crippen molar-refractivity contribution in [2.24, 2.45) is 29.6 Å². The highest BCUT2D eigenvalue weighted by Gasteiger charge is 2.54. The Hall–Kier alpha value is -3.22. The van der Waals surface area contributed by atoms with Gasteiger partial charge in [-0.15, -0.1) is 0 Å². The number of pyridine rings is 1. The first-order valence-corrected chi connectivity index (χ1v) is 13.4. The van der Waals surface area contributed by atoms with Crippen LogP contribution < -0.4 is 5.32 Å². The number of nitrogens with one attached hydrogen (secondary N) is 1. The van der Waals surface area contributed by atoms with Crippen molar-refractivity contribution in [2.45, 2.75) is 58.6 Å². The lowest BCUT2D eigenvalue weighted by Crippen LogP contribution is -2.48. The molecule has 37 heavy (non-hydrogen) atoms. The van der Waals surface area contributed by atoms with Gasteiger partial charge in [0, 0.05) is 29.3 Å². The number of hydrogen-bond acceptors (Lipinski definition) is 5. The molecule has 1 aliphatic heterocycles. The Morgan fingerprint density at radius 2 is 2.08 bits per heavy atom. The molecule has 7 atom stereocenters. The molecule has 2 heterocycles. The third-order valence-corrected chi connectivity index (χ3v) is 8.52. The van der Waals surface area contributed by atoms with Crippen LogP contribution in [0.4, 0.5) is 9.18 Å². The van der Waals surface area contributed by atoms with Crippen LogP contribution in [0.1, 0.15) is 50.8 Å². The molecule has 1 aromatic carbocycles. The molecule has 0 bridgehead atoms. The fraction of sp³-hybridized carbons (Fsp3) is 0.500. The molecule has 0 unspecified atom stereocenters. The molecule has 1 amide bonds. The van der Waals surface area contributed by atoms with E-state index in [0.717, 1.165) is 36.9 Å². The third-order valence-electron chi connectivity index (χ3n) is 8.52. The van der Waals surface area contributed by atoms with E-state index < -0.39 is 0 Å². The van der Waals surface area contributed by atoms with E-state index in [2.05, 4.69) is 16.4 Å². The van der Waals surface area contributed by atoms with Crippen LogP contribution >= 0.6 is 0 Å².